The number of rotatable bonds is 2. The van der Waals surface area contributed by atoms with Crippen molar-refractivity contribution in [2.75, 3.05) is 0 Å². The number of ketones is 2. The van der Waals surface area contributed by atoms with Gasteiger partial charge in [0.15, 0.2) is 5.78 Å². The molecule has 0 N–H and O–H groups in total. The van der Waals surface area contributed by atoms with E-state index in [1.54, 1.807) is 24.3 Å². The first kappa shape index (κ1) is 11.9. The second kappa shape index (κ2) is 4.35. The molecule has 1 aliphatic rings. The largest absolute Gasteiger partial charge is 0.296 e. The number of fused-ring (bicyclic) bond motifs is 1. The van der Waals surface area contributed by atoms with Crippen LogP contribution in [0.4, 0.5) is 8.78 Å². The third-order valence-corrected chi connectivity index (χ3v) is 3.22. The Kier molecular flexibility index (Phi) is 3.05. The van der Waals surface area contributed by atoms with E-state index in [-0.39, 0.29) is 12.3 Å². The first-order valence-electron chi connectivity index (χ1n) is 5.47. The molecule has 4 heteroatoms. The molecule has 0 bridgehead atoms. The Morgan fingerprint density at radius 3 is 2.65 bits per heavy atom. The zero-order valence-corrected chi connectivity index (χ0v) is 9.32. The minimum atomic E-state index is -3.07. The van der Waals surface area contributed by atoms with Crippen LogP contribution < -0.4 is 0 Å². The maximum Gasteiger partial charge on any atom is 0.296 e. The van der Waals surface area contributed by atoms with Gasteiger partial charge in [-0.25, -0.2) is 8.78 Å². The molecule has 0 spiro atoms. The minimum Gasteiger partial charge on any atom is -0.293 e. The Balaban J connectivity index is 2.40. The molecule has 2 rings (SSSR count). The second-order valence-corrected chi connectivity index (χ2v) is 4.34. The van der Waals surface area contributed by atoms with Crippen LogP contribution >= 0.6 is 0 Å². The molecule has 0 amide bonds. The summed E-state index contributed by atoms with van der Waals surface area (Å²) in [6.07, 6.45) is -2.89. The molecule has 2 atom stereocenters. The summed E-state index contributed by atoms with van der Waals surface area (Å²) in [5, 5.41) is 0. The highest BCUT2D eigenvalue weighted by Crippen LogP contribution is 2.35. The summed E-state index contributed by atoms with van der Waals surface area (Å²) in [6, 6.07) is 6.89. The lowest BCUT2D eigenvalue weighted by molar-refractivity contribution is -0.132. The number of benzene rings is 1. The molecule has 1 aromatic rings. The van der Waals surface area contributed by atoms with Gasteiger partial charge < -0.3 is 0 Å². The van der Waals surface area contributed by atoms with Gasteiger partial charge >= 0.3 is 0 Å². The molecular formula is C13H12F2O2. The highest BCUT2D eigenvalue weighted by atomic mass is 19.3. The zero-order chi connectivity index (χ0) is 12.6. The molecule has 0 saturated carbocycles. The average Bonchev–Trinajstić information content (AvgIpc) is 2.33. The summed E-state index contributed by atoms with van der Waals surface area (Å²) in [7, 11) is 0. The maximum atomic E-state index is 12.4. The zero-order valence-electron chi connectivity index (χ0n) is 9.32. The molecule has 17 heavy (non-hydrogen) atoms. The number of hydrogen-bond acceptors (Lipinski definition) is 2. The molecule has 2 nitrogen and oxygen atoms in total. The van der Waals surface area contributed by atoms with Crippen molar-refractivity contribution in [3.05, 3.63) is 35.4 Å². The monoisotopic (exact) mass is 238 g/mol. The van der Waals surface area contributed by atoms with E-state index in [4.69, 9.17) is 0 Å². The predicted molar refractivity (Wildman–Crippen MR) is 58.3 cm³/mol. The number of carbonyl (C=O) groups excluding carboxylic acids is 2. The Morgan fingerprint density at radius 2 is 2.00 bits per heavy atom. The van der Waals surface area contributed by atoms with Gasteiger partial charge in [-0.1, -0.05) is 31.2 Å². The van der Waals surface area contributed by atoms with Crippen LogP contribution in [0.1, 0.15) is 35.2 Å². The Morgan fingerprint density at radius 1 is 1.35 bits per heavy atom. The van der Waals surface area contributed by atoms with Gasteiger partial charge in [-0.05, 0) is 17.9 Å². The quantitative estimate of drug-likeness (QED) is 0.742. The average molecular weight is 238 g/mol. The SMILES string of the molecule is CC1CC(C(=O)C(F)F)C(=O)c2ccccc21. The second-order valence-electron chi connectivity index (χ2n) is 4.34. The molecule has 1 aromatic carbocycles. The molecule has 0 aliphatic heterocycles. The third kappa shape index (κ3) is 1.99. The van der Waals surface area contributed by atoms with Crippen molar-refractivity contribution in [3.8, 4) is 0 Å². The summed E-state index contributed by atoms with van der Waals surface area (Å²) in [5.41, 5.74) is 1.25. The van der Waals surface area contributed by atoms with Gasteiger partial charge in [0.05, 0.1) is 5.92 Å². The van der Waals surface area contributed by atoms with Crippen LogP contribution in [0.25, 0.3) is 0 Å². The summed E-state index contributed by atoms with van der Waals surface area (Å²) >= 11 is 0. The third-order valence-electron chi connectivity index (χ3n) is 3.22. The molecular weight excluding hydrogens is 226 g/mol. The van der Waals surface area contributed by atoms with E-state index in [0.29, 0.717) is 5.56 Å². The standard InChI is InChI=1S/C13H12F2O2/c1-7-6-10(12(17)13(14)15)11(16)9-5-3-2-4-8(7)9/h2-5,7,10,13H,6H2,1H3. The van der Waals surface area contributed by atoms with Crippen molar-refractivity contribution in [1.29, 1.82) is 0 Å². The fraction of sp³-hybridized carbons (Fsp3) is 0.385. The lowest BCUT2D eigenvalue weighted by Gasteiger charge is -2.27. The van der Waals surface area contributed by atoms with Crippen LogP contribution in [0.15, 0.2) is 24.3 Å². The highest BCUT2D eigenvalue weighted by Gasteiger charge is 2.38. The van der Waals surface area contributed by atoms with E-state index in [0.717, 1.165) is 5.56 Å². The smallest absolute Gasteiger partial charge is 0.293 e. The Labute approximate surface area is 97.6 Å². The number of Topliss-reactive ketones (excluding diaryl/α,β-unsaturated/α-hetero) is 2. The molecule has 0 heterocycles. The van der Waals surface area contributed by atoms with E-state index < -0.39 is 23.9 Å². The Bertz CT molecular complexity index is 468. The van der Waals surface area contributed by atoms with Crippen LogP contribution in [0, 0.1) is 5.92 Å². The molecule has 2 unspecified atom stereocenters. The normalized spacial score (nSPS) is 23.6. The van der Waals surface area contributed by atoms with E-state index in [1.165, 1.54) is 0 Å². The van der Waals surface area contributed by atoms with Gasteiger partial charge in [0.25, 0.3) is 6.43 Å². The van der Waals surface area contributed by atoms with Gasteiger partial charge in [0.1, 0.15) is 0 Å². The van der Waals surface area contributed by atoms with Crippen LogP contribution in [0.5, 0.6) is 0 Å². The van der Waals surface area contributed by atoms with Crippen molar-refractivity contribution >= 4 is 11.6 Å². The molecule has 0 fully saturated rings. The molecule has 0 radical (unpaired) electrons. The lowest BCUT2D eigenvalue weighted by atomic mass is 9.75. The first-order valence-corrected chi connectivity index (χ1v) is 5.47. The van der Waals surface area contributed by atoms with Crippen LogP contribution in [-0.4, -0.2) is 18.0 Å². The summed E-state index contributed by atoms with van der Waals surface area (Å²) in [6.45, 7) is 1.84. The molecule has 0 saturated heterocycles. The number of hydrogen-bond donors (Lipinski definition) is 0. The van der Waals surface area contributed by atoms with Crippen molar-refractivity contribution in [3.63, 3.8) is 0 Å². The van der Waals surface area contributed by atoms with Crippen molar-refractivity contribution in [2.45, 2.75) is 25.7 Å². The summed E-state index contributed by atoms with van der Waals surface area (Å²) < 4.78 is 24.8. The van der Waals surface area contributed by atoms with Crippen molar-refractivity contribution in [1.82, 2.24) is 0 Å². The summed E-state index contributed by atoms with van der Waals surface area (Å²) in [4.78, 5) is 23.2. The van der Waals surface area contributed by atoms with Crippen LogP contribution in [-0.2, 0) is 4.79 Å². The maximum absolute atomic E-state index is 12.4. The van der Waals surface area contributed by atoms with E-state index in [2.05, 4.69) is 0 Å². The topological polar surface area (TPSA) is 34.1 Å². The van der Waals surface area contributed by atoms with Gasteiger partial charge in [-0.15, -0.1) is 0 Å². The lowest BCUT2D eigenvalue weighted by Crippen LogP contribution is -2.34. The molecule has 90 valence electrons. The van der Waals surface area contributed by atoms with E-state index in [1.807, 2.05) is 6.92 Å². The predicted octanol–water partition coefficient (Wildman–Crippen LogP) is 2.83. The Hall–Kier alpha value is -1.58. The van der Waals surface area contributed by atoms with Crippen LogP contribution in [0.2, 0.25) is 0 Å². The molecule has 1 aliphatic carbocycles. The first-order chi connectivity index (χ1) is 8.02. The van der Waals surface area contributed by atoms with Crippen molar-refractivity contribution < 1.29 is 18.4 Å². The minimum absolute atomic E-state index is 0.0448. The summed E-state index contributed by atoms with van der Waals surface area (Å²) in [5.74, 6) is -2.95. The van der Waals surface area contributed by atoms with Crippen molar-refractivity contribution in [2.24, 2.45) is 5.92 Å². The van der Waals surface area contributed by atoms with Gasteiger partial charge in [-0.2, -0.15) is 0 Å². The number of halogens is 2. The fourth-order valence-corrected chi connectivity index (χ4v) is 2.32. The van der Waals surface area contributed by atoms with Gasteiger partial charge in [0.2, 0.25) is 5.78 Å². The van der Waals surface area contributed by atoms with E-state index in [9.17, 15) is 18.4 Å². The van der Waals surface area contributed by atoms with Gasteiger partial charge in [0, 0.05) is 5.56 Å². The molecule has 0 aromatic heterocycles. The number of alkyl halides is 2. The van der Waals surface area contributed by atoms with Crippen LogP contribution in [0.3, 0.4) is 0 Å². The number of carbonyl (C=O) groups is 2. The van der Waals surface area contributed by atoms with E-state index >= 15 is 0 Å². The fourth-order valence-electron chi connectivity index (χ4n) is 2.32. The highest BCUT2D eigenvalue weighted by molar-refractivity contribution is 6.13. The van der Waals surface area contributed by atoms with Gasteiger partial charge in [-0.3, -0.25) is 9.59 Å².